The summed E-state index contributed by atoms with van der Waals surface area (Å²) in [6, 6.07) is 1.42. The summed E-state index contributed by atoms with van der Waals surface area (Å²) in [5.41, 5.74) is 0. The zero-order chi connectivity index (χ0) is 16.8. The minimum atomic E-state index is 0. The van der Waals surface area contributed by atoms with E-state index < -0.39 is 0 Å². The summed E-state index contributed by atoms with van der Waals surface area (Å²) < 4.78 is 0. The molecule has 2 N–H and O–H groups in total. The Morgan fingerprint density at radius 3 is 2.52 bits per heavy atom. The fraction of sp³-hybridized carbons (Fsp3) is 0.947. The van der Waals surface area contributed by atoms with Crippen molar-refractivity contribution in [3.05, 3.63) is 0 Å². The summed E-state index contributed by atoms with van der Waals surface area (Å²) in [7, 11) is 0. The van der Waals surface area contributed by atoms with Gasteiger partial charge >= 0.3 is 0 Å². The van der Waals surface area contributed by atoms with E-state index in [1.807, 2.05) is 0 Å². The average molecular weight is 463 g/mol. The molecule has 0 spiro atoms. The third-order valence-electron chi connectivity index (χ3n) is 6.07. The first-order valence-corrected chi connectivity index (χ1v) is 10.3. The van der Waals surface area contributed by atoms with Crippen LogP contribution in [-0.4, -0.2) is 73.7 Å². The molecule has 6 heteroatoms. The lowest BCUT2D eigenvalue weighted by Crippen LogP contribution is -2.45. The van der Waals surface area contributed by atoms with Crippen LogP contribution in [0, 0.1) is 5.92 Å². The van der Waals surface area contributed by atoms with Crippen LogP contribution in [0.1, 0.15) is 52.4 Å². The lowest BCUT2D eigenvalue weighted by atomic mass is 10.1. The second-order valence-corrected chi connectivity index (χ2v) is 7.83. The Balaban J connectivity index is 0.00000225. The van der Waals surface area contributed by atoms with E-state index in [1.165, 1.54) is 71.2 Å². The Hall–Kier alpha value is -0.0800. The Bertz CT molecular complexity index is 411. The molecule has 25 heavy (non-hydrogen) atoms. The van der Waals surface area contributed by atoms with Crippen molar-refractivity contribution in [2.75, 3.05) is 45.8 Å². The highest BCUT2D eigenvalue weighted by Crippen LogP contribution is 2.26. The molecule has 1 aliphatic carbocycles. The number of likely N-dealkylation sites (tertiary alicyclic amines) is 2. The van der Waals surface area contributed by atoms with Crippen molar-refractivity contribution in [1.82, 2.24) is 20.4 Å². The normalized spacial score (nSPS) is 29.1. The second-order valence-electron chi connectivity index (χ2n) is 7.83. The zero-order valence-electron chi connectivity index (χ0n) is 16.2. The van der Waals surface area contributed by atoms with Crippen LogP contribution in [0.3, 0.4) is 0 Å². The predicted molar refractivity (Wildman–Crippen MR) is 117 cm³/mol. The summed E-state index contributed by atoms with van der Waals surface area (Å²) >= 11 is 0. The third-order valence-corrected chi connectivity index (χ3v) is 6.07. The molecule has 2 heterocycles. The molecule has 5 nitrogen and oxygen atoms in total. The van der Waals surface area contributed by atoms with Crippen LogP contribution in [0.25, 0.3) is 0 Å². The van der Waals surface area contributed by atoms with Crippen molar-refractivity contribution >= 4 is 29.9 Å². The van der Waals surface area contributed by atoms with Crippen LogP contribution in [0.4, 0.5) is 0 Å². The van der Waals surface area contributed by atoms with Crippen LogP contribution in [-0.2, 0) is 0 Å². The van der Waals surface area contributed by atoms with Crippen LogP contribution in [0.5, 0.6) is 0 Å². The number of guanidine groups is 1. The molecular formula is C19H38IN5. The number of rotatable bonds is 6. The van der Waals surface area contributed by atoms with E-state index in [9.17, 15) is 0 Å². The van der Waals surface area contributed by atoms with Crippen molar-refractivity contribution in [3.8, 4) is 0 Å². The average Bonchev–Trinajstić information content (AvgIpc) is 3.33. The first-order valence-electron chi connectivity index (χ1n) is 10.3. The zero-order valence-corrected chi connectivity index (χ0v) is 18.5. The highest BCUT2D eigenvalue weighted by Gasteiger charge is 2.30. The summed E-state index contributed by atoms with van der Waals surface area (Å²) in [5.74, 6) is 1.77. The maximum atomic E-state index is 4.90. The molecule has 0 amide bonds. The van der Waals surface area contributed by atoms with Crippen LogP contribution < -0.4 is 10.6 Å². The Morgan fingerprint density at radius 2 is 1.84 bits per heavy atom. The largest absolute Gasteiger partial charge is 0.357 e. The SMILES string of the molecule is CCNC(=NCC1CCN(CC)C1)NC1CCN(C2CCCC2)C1.I. The number of hydrogen-bond acceptors (Lipinski definition) is 3. The lowest BCUT2D eigenvalue weighted by molar-refractivity contribution is 0.242. The molecule has 2 atom stereocenters. The molecular weight excluding hydrogens is 425 g/mol. The van der Waals surface area contributed by atoms with Gasteiger partial charge in [-0.3, -0.25) is 9.89 Å². The van der Waals surface area contributed by atoms with Gasteiger partial charge in [0, 0.05) is 44.8 Å². The Morgan fingerprint density at radius 1 is 1.04 bits per heavy atom. The van der Waals surface area contributed by atoms with E-state index in [1.54, 1.807) is 0 Å². The van der Waals surface area contributed by atoms with Gasteiger partial charge in [0.2, 0.25) is 0 Å². The van der Waals surface area contributed by atoms with Gasteiger partial charge < -0.3 is 15.5 Å². The summed E-state index contributed by atoms with van der Waals surface area (Å²) in [6.07, 6.45) is 8.25. The van der Waals surface area contributed by atoms with Crippen LogP contribution in [0.15, 0.2) is 4.99 Å². The first kappa shape index (κ1) is 21.2. The first-order chi connectivity index (χ1) is 11.8. The highest BCUT2D eigenvalue weighted by molar-refractivity contribution is 14.0. The molecule has 2 unspecified atom stereocenters. The van der Waals surface area contributed by atoms with Gasteiger partial charge in [0.15, 0.2) is 5.96 Å². The van der Waals surface area contributed by atoms with Gasteiger partial charge in [-0.15, -0.1) is 24.0 Å². The number of halogens is 1. The maximum absolute atomic E-state index is 4.90. The molecule has 1 saturated carbocycles. The topological polar surface area (TPSA) is 42.9 Å². The van der Waals surface area contributed by atoms with Gasteiger partial charge in [-0.05, 0) is 51.6 Å². The molecule has 146 valence electrons. The van der Waals surface area contributed by atoms with Gasteiger partial charge in [0.25, 0.3) is 0 Å². The summed E-state index contributed by atoms with van der Waals surface area (Å²) in [6.45, 7) is 12.4. The maximum Gasteiger partial charge on any atom is 0.191 e. The van der Waals surface area contributed by atoms with Crippen molar-refractivity contribution in [3.63, 3.8) is 0 Å². The lowest BCUT2D eigenvalue weighted by Gasteiger charge is -2.24. The number of aliphatic imine (C=N–C) groups is 1. The summed E-state index contributed by atoms with van der Waals surface area (Å²) in [4.78, 5) is 10.2. The molecule has 3 aliphatic rings. The Kier molecular flexibility index (Phi) is 9.27. The fourth-order valence-corrected chi connectivity index (χ4v) is 4.59. The monoisotopic (exact) mass is 463 g/mol. The van der Waals surface area contributed by atoms with Gasteiger partial charge in [0.05, 0.1) is 0 Å². The van der Waals surface area contributed by atoms with E-state index in [0.717, 1.165) is 31.0 Å². The van der Waals surface area contributed by atoms with E-state index in [2.05, 4.69) is 34.3 Å². The molecule has 2 saturated heterocycles. The number of nitrogens with zero attached hydrogens (tertiary/aromatic N) is 3. The van der Waals surface area contributed by atoms with Gasteiger partial charge in [-0.25, -0.2) is 0 Å². The molecule has 0 aromatic rings. The molecule has 2 aliphatic heterocycles. The quantitative estimate of drug-likeness (QED) is 0.361. The minimum absolute atomic E-state index is 0. The van der Waals surface area contributed by atoms with E-state index in [-0.39, 0.29) is 24.0 Å². The van der Waals surface area contributed by atoms with Gasteiger partial charge in [-0.2, -0.15) is 0 Å². The number of nitrogens with one attached hydrogen (secondary N) is 2. The van der Waals surface area contributed by atoms with E-state index in [0.29, 0.717) is 6.04 Å². The predicted octanol–water partition coefficient (Wildman–Crippen LogP) is 2.52. The van der Waals surface area contributed by atoms with Gasteiger partial charge in [0.1, 0.15) is 0 Å². The Labute approximate surface area is 171 Å². The molecule has 0 radical (unpaired) electrons. The van der Waals surface area contributed by atoms with Crippen molar-refractivity contribution in [1.29, 1.82) is 0 Å². The molecule has 0 aromatic carbocycles. The highest BCUT2D eigenvalue weighted by atomic mass is 127. The van der Waals surface area contributed by atoms with Crippen LogP contribution in [0.2, 0.25) is 0 Å². The fourth-order valence-electron chi connectivity index (χ4n) is 4.59. The van der Waals surface area contributed by atoms with Crippen molar-refractivity contribution in [2.24, 2.45) is 10.9 Å². The third kappa shape index (κ3) is 6.24. The molecule has 0 aromatic heterocycles. The number of hydrogen-bond donors (Lipinski definition) is 2. The molecule has 0 bridgehead atoms. The van der Waals surface area contributed by atoms with Gasteiger partial charge in [-0.1, -0.05) is 19.8 Å². The van der Waals surface area contributed by atoms with E-state index in [4.69, 9.17) is 4.99 Å². The van der Waals surface area contributed by atoms with Crippen molar-refractivity contribution in [2.45, 2.75) is 64.5 Å². The van der Waals surface area contributed by atoms with Crippen LogP contribution >= 0.6 is 24.0 Å². The van der Waals surface area contributed by atoms with Crippen molar-refractivity contribution < 1.29 is 0 Å². The van der Waals surface area contributed by atoms with E-state index >= 15 is 0 Å². The minimum Gasteiger partial charge on any atom is -0.357 e. The molecule has 3 rings (SSSR count). The summed E-state index contributed by atoms with van der Waals surface area (Å²) in [5, 5.41) is 7.15. The standard InChI is InChI=1S/C19H37N5.HI/c1-3-20-19(21-13-16-9-11-23(4-2)14-16)22-17-10-12-24(15-17)18-7-5-6-8-18;/h16-18H,3-15H2,1-2H3,(H2,20,21,22);1H. The molecule has 3 fully saturated rings. The smallest absolute Gasteiger partial charge is 0.191 e. The second kappa shape index (κ2) is 10.9.